The third-order valence-electron chi connectivity index (χ3n) is 1.26. The molecule has 0 aliphatic carbocycles. The van der Waals surface area contributed by atoms with Crippen LogP contribution >= 0.6 is 0 Å². The van der Waals surface area contributed by atoms with Crippen LogP contribution in [0.25, 0.3) is 0 Å². The van der Waals surface area contributed by atoms with E-state index < -0.39 is 17.6 Å². The fourth-order valence-electron chi connectivity index (χ4n) is 0.776. The summed E-state index contributed by atoms with van der Waals surface area (Å²) >= 11 is 0. The van der Waals surface area contributed by atoms with Crippen LogP contribution in [0.5, 0.6) is 0 Å². The van der Waals surface area contributed by atoms with Gasteiger partial charge in [-0.15, -0.1) is 0 Å². The summed E-state index contributed by atoms with van der Waals surface area (Å²) in [5.74, 6) is 0. The Hall–Kier alpha value is -1.75. The van der Waals surface area contributed by atoms with Crippen LogP contribution < -0.4 is 4.72 Å². The average Bonchev–Trinajstić information content (AvgIpc) is 2.17. The molecule has 1 rings (SSSR count). The van der Waals surface area contributed by atoms with Gasteiger partial charge in [0.2, 0.25) is 10.9 Å². The van der Waals surface area contributed by atoms with E-state index >= 15 is 0 Å². The Morgan fingerprint density at radius 2 is 1.75 bits per heavy atom. The predicted octanol–water partition coefficient (Wildman–Crippen LogP) is 1.68. The number of nitrogens with one attached hydrogen (secondary N) is 1. The number of hydrogen-bond acceptors (Lipinski definition) is 3. The van der Waals surface area contributed by atoms with Crippen LogP contribution in [0.1, 0.15) is 5.56 Å². The van der Waals surface area contributed by atoms with Crippen LogP contribution in [0.2, 0.25) is 0 Å². The fraction of sp³-hybridized carbons (Fsp3) is 0.125. The van der Waals surface area contributed by atoms with Crippen LogP contribution in [0.15, 0.2) is 24.3 Å². The third-order valence-corrected chi connectivity index (χ3v) is 1.68. The van der Waals surface area contributed by atoms with Gasteiger partial charge in [0.25, 0.3) is 0 Å². The molecule has 8 heteroatoms. The fourth-order valence-corrected chi connectivity index (χ4v) is 1.17. The smallest absolute Gasteiger partial charge is 0.284 e. The number of anilines is 1. The van der Waals surface area contributed by atoms with Crippen molar-refractivity contribution in [3.63, 3.8) is 0 Å². The van der Waals surface area contributed by atoms with Crippen LogP contribution in [0.3, 0.4) is 0 Å². The number of halogens is 3. The highest BCUT2D eigenvalue weighted by atomic mass is 32.2. The molecule has 0 radical (unpaired) electrons. The van der Waals surface area contributed by atoms with E-state index in [4.69, 9.17) is 5.26 Å². The molecule has 1 N–H and O–H groups in total. The highest BCUT2D eigenvalue weighted by Crippen LogP contribution is 2.12. The number of nitriles is 1. The van der Waals surface area contributed by atoms with Crippen molar-refractivity contribution in [3.05, 3.63) is 29.8 Å². The van der Waals surface area contributed by atoms with E-state index in [-0.39, 0.29) is 0 Å². The average molecular weight is 252 g/mol. The van der Waals surface area contributed by atoms with Gasteiger partial charge in [0.15, 0.2) is 0 Å². The molecule has 0 atom stereocenters. The van der Waals surface area contributed by atoms with Gasteiger partial charge in [-0.1, -0.05) is 12.1 Å². The van der Waals surface area contributed by atoms with E-state index in [1.54, 1.807) is 18.2 Å². The summed E-state index contributed by atoms with van der Waals surface area (Å²) < 4.78 is 51.7. The van der Waals surface area contributed by atoms with Crippen LogP contribution in [0.4, 0.5) is 18.9 Å². The standard InChI is InChI=1S/C7H6N2O2S.CHF3/c8-5-6-3-1-2-4-7(6)9-12(10)11;2-1(3)4/h1-4,12H,(H,9,10,11);1H. The first-order valence-electron chi connectivity index (χ1n) is 3.79. The molecule has 0 fully saturated rings. The van der Waals surface area contributed by atoms with E-state index in [1.165, 1.54) is 6.07 Å². The molecule has 4 nitrogen and oxygen atoms in total. The Labute approximate surface area is 91.4 Å². The molecule has 1 aromatic carbocycles. The lowest BCUT2D eigenvalue weighted by atomic mass is 10.2. The summed E-state index contributed by atoms with van der Waals surface area (Å²) in [7, 11) is -2.70. The second-order valence-corrected chi connectivity index (χ2v) is 3.01. The molecule has 88 valence electrons. The zero-order valence-corrected chi connectivity index (χ0v) is 8.63. The lowest BCUT2D eigenvalue weighted by molar-refractivity contribution is 0.00819. The lowest BCUT2D eigenvalue weighted by Gasteiger charge is -1.98. The number of rotatable bonds is 2. The normalized spacial score (nSPS) is 9.25. The zero-order valence-electron chi connectivity index (χ0n) is 7.73. The first-order valence-corrected chi connectivity index (χ1v) is 4.97. The highest BCUT2D eigenvalue weighted by molar-refractivity contribution is 7.73. The van der Waals surface area contributed by atoms with Crippen LogP contribution in [0, 0.1) is 11.3 Å². The van der Waals surface area contributed by atoms with Crippen LogP contribution in [-0.4, -0.2) is 15.1 Å². The molecule has 0 aliphatic rings. The van der Waals surface area contributed by atoms with E-state index in [2.05, 4.69) is 4.72 Å². The molecule has 0 amide bonds. The molecule has 0 unspecified atom stereocenters. The summed E-state index contributed by atoms with van der Waals surface area (Å²) in [5, 5.41) is 8.54. The minimum atomic E-state index is -3.67. The van der Waals surface area contributed by atoms with E-state index in [9.17, 15) is 21.6 Å². The summed E-state index contributed by atoms with van der Waals surface area (Å²) in [6, 6.07) is 8.27. The summed E-state index contributed by atoms with van der Waals surface area (Å²) in [6.07, 6.45) is 0. The Morgan fingerprint density at radius 1 is 1.25 bits per heavy atom. The molecule has 1 aromatic rings. The molecular weight excluding hydrogens is 245 g/mol. The number of benzene rings is 1. The topological polar surface area (TPSA) is 70.0 Å². The van der Waals surface area contributed by atoms with Gasteiger partial charge < -0.3 is 0 Å². The van der Waals surface area contributed by atoms with E-state index in [0.717, 1.165) is 0 Å². The Kier molecular flexibility index (Phi) is 6.71. The maximum atomic E-state index is 10.3. The molecule has 0 saturated carbocycles. The lowest BCUT2D eigenvalue weighted by Crippen LogP contribution is -1.96. The highest BCUT2D eigenvalue weighted by Gasteiger charge is 1.98. The molecule has 0 spiro atoms. The summed E-state index contributed by atoms with van der Waals surface area (Å²) in [6.45, 7) is -3.67. The molecule has 16 heavy (non-hydrogen) atoms. The molecule has 0 bridgehead atoms. The third kappa shape index (κ3) is 6.67. The van der Waals surface area contributed by atoms with Gasteiger partial charge in [0.1, 0.15) is 6.07 Å². The molecule has 0 saturated heterocycles. The monoisotopic (exact) mass is 252 g/mol. The minimum Gasteiger partial charge on any atom is -0.284 e. The summed E-state index contributed by atoms with van der Waals surface area (Å²) in [4.78, 5) is 0. The van der Waals surface area contributed by atoms with Gasteiger partial charge in [-0.05, 0) is 12.1 Å². The predicted molar refractivity (Wildman–Crippen MR) is 52.2 cm³/mol. The largest absolute Gasteiger partial charge is 0.379 e. The molecule has 0 aromatic heterocycles. The first kappa shape index (κ1) is 14.2. The number of para-hydroxylation sites is 1. The van der Waals surface area contributed by atoms with Crippen molar-refractivity contribution >= 4 is 16.6 Å². The van der Waals surface area contributed by atoms with Gasteiger partial charge in [0, 0.05) is 0 Å². The Morgan fingerprint density at radius 3 is 2.19 bits per heavy atom. The van der Waals surface area contributed by atoms with Crippen molar-refractivity contribution in [1.82, 2.24) is 0 Å². The van der Waals surface area contributed by atoms with Crippen molar-refractivity contribution < 1.29 is 21.6 Å². The van der Waals surface area contributed by atoms with Gasteiger partial charge in [-0.25, -0.2) is 8.42 Å². The van der Waals surface area contributed by atoms with E-state index in [0.29, 0.717) is 11.3 Å². The van der Waals surface area contributed by atoms with E-state index in [1.807, 2.05) is 6.07 Å². The van der Waals surface area contributed by atoms with Gasteiger partial charge >= 0.3 is 6.68 Å². The second kappa shape index (κ2) is 7.53. The van der Waals surface area contributed by atoms with Gasteiger partial charge in [0.05, 0.1) is 11.3 Å². The van der Waals surface area contributed by atoms with Crippen molar-refractivity contribution in [3.8, 4) is 6.07 Å². The summed E-state index contributed by atoms with van der Waals surface area (Å²) in [5.41, 5.74) is 0.632. The van der Waals surface area contributed by atoms with Gasteiger partial charge in [-0.3, -0.25) is 4.72 Å². The van der Waals surface area contributed by atoms with Crippen molar-refractivity contribution in [2.45, 2.75) is 6.68 Å². The number of hydrogen-bond donors (Lipinski definition) is 2. The van der Waals surface area contributed by atoms with Crippen molar-refractivity contribution in [2.24, 2.45) is 0 Å². The maximum Gasteiger partial charge on any atom is 0.379 e. The quantitative estimate of drug-likeness (QED) is 0.787. The SMILES string of the molecule is FC(F)F.N#Cc1ccccc1N[SH](=O)=O. The number of thiol groups is 1. The second-order valence-electron chi connectivity index (χ2n) is 2.27. The minimum absolute atomic E-state index is 0.316. The number of nitrogens with zero attached hydrogens (tertiary/aromatic N) is 1. The molecule has 0 aliphatic heterocycles. The molecular formula is C8H7F3N2O2S. The number of alkyl halides is 3. The zero-order chi connectivity index (χ0) is 12.6. The van der Waals surface area contributed by atoms with Crippen molar-refractivity contribution in [2.75, 3.05) is 4.72 Å². The Balaban J connectivity index is 0.000000487. The molecule has 0 heterocycles. The van der Waals surface area contributed by atoms with Gasteiger partial charge in [-0.2, -0.15) is 18.4 Å². The van der Waals surface area contributed by atoms with Crippen molar-refractivity contribution in [1.29, 1.82) is 5.26 Å². The first-order chi connectivity index (χ1) is 7.47. The van der Waals surface area contributed by atoms with Crippen LogP contribution in [-0.2, 0) is 10.9 Å². The maximum absolute atomic E-state index is 10.3. The Bertz CT molecular complexity index is 432.